The van der Waals surface area contributed by atoms with Crippen LogP contribution in [0.3, 0.4) is 0 Å². The number of nitrogens with two attached hydrogens (primary N) is 1. The number of nitrogens with one attached hydrogen (secondary N) is 1. The minimum absolute atomic E-state index is 0.307. The smallest absolute Gasteiger partial charge is 0.259 e. The number of amides is 1. The molecule has 0 spiro atoms. The van der Waals surface area contributed by atoms with Crippen molar-refractivity contribution >= 4 is 17.4 Å². The number of hydrogen-bond donors (Lipinski definition) is 2. The maximum absolute atomic E-state index is 12.2. The number of anilines is 2. The van der Waals surface area contributed by atoms with E-state index in [-0.39, 0.29) is 5.91 Å². The van der Waals surface area contributed by atoms with Gasteiger partial charge in [-0.3, -0.25) is 4.79 Å². The monoisotopic (exact) mass is 271 g/mol. The molecule has 0 aliphatic rings. The van der Waals surface area contributed by atoms with E-state index < -0.39 is 0 Å². The summed E-state index contributed by atoms with van der Waals surface area (Å²) in [6.45, 7) is 3.83. The second-order valence-electron chi connectivity index (χ2n) is 4.58. The van der Waals surface area contributed by atoms with Gasteiger partial charge in [0.2, 0.25) is 0 Å². The lowest BCUT2D eigenvalue weighted by Crippen LogP contribution is -2.15. The highest BCUT2D eigenvalue weighted by molar-refractivity contribution is 6.07. The fraction of sp³-hybridized carbons (Fsp3) is 0.200. The Bertz CT molecular complexity index is 633. The fourth-order valence-electron chi connectivity index (χ4n) is 1.95. The molecule has 0 aliphatic heterocycles. The van der Waals surface area contributed by atoms with Crippen molar-refractivity contribution in [1.29, 1.82) is 0 Å². The molecular weight excluding hydrogens is 254 g/mol. The van der Waals surface area contributed by atoms with E-state index >= 15 is 0 Å². The van der Waals surface area contributed by atoms with Gasteiger partial charge in [0.05, 0.1) is 12.7 Å². The van der Waals surface area contributed by atoms with Gasteiger partial charge < -0.3 is 15.8 Å². The molecule has 1 heterocycles. The van der Waals surface area contributed by atoms with E-state index in [1.54, 1.807) is 31.4 Å². The van der Waals surface area contributed by atoms with Gasteiger partial charge in [-0.1, -0.05) is 0 Å². The van der Waals surface area contributed by atoms with Gasteiger partial charge in [0.1, 0.15) is 11.6 Å². The standard InChI is InChI=1S/C15H17N3O2/c1-9-6-10(2)17-14(7-9)18-15(19)12-8-11(20-3)4-5-13(12)16/h4-8H,16H2,1-3H3,(H,17,18,19). The highest BCUT2D eigenvalue weighted by atomic mass is 16.5. The first kappa shape index (κ1) is 13.9. The van der Waals surface area contributed by atoms with Crippen LogP contribution >= 0.6 is 0 Å². The minimum Gasteiger partial charge on any atom is -0.497 e. The zero-order chi connectivity index (χ0) is 14.7. The van der Waals surface area contributed by atoms with Crippen LogP contribution in [0, 0.1) is 13.8 Å². The van der Waals surface area contributed by atoms with Gasteiger partial charge >= 0.3 is 0 Å². The average molecular weight is 271 g/mol. The molecule has 104 valence electrons. The number of pyridine rings is 1. The number of ether oxygens (including phenoxy) is 1. The lowest BCUT2D eigenvalue weighted by Gasteiger charge is -2.09. The first-order chi connectivity index (χ1) is 9.49. The summed E-state index contributed by atoms with van der Waals surface area (Å²) in [5.41, 5.74) is 8.46. The van der Waals surface area contributed by atoms with Crippen LogP contribution in [-0.2, 0) is 0 Å². The van der Waals surface area contributed by atoms with Crippen LogP contribution in [0.1, 0.15) is 21.6 Å². The predicted molar refractivity (Wildman–Crippen MR) is 79.1 cm³/mol. The van der Waals surface area contributed by atoms with Gasteiger partial charge in [0.15, 0.2) is 0 Å². The molecule has 1 amide bonds. The molecule has 0 saturated carbocycles. The van der Waals surface area contributed by atoms with Crippen molar-refractivity contribution in [2.75, 3.05) is 18.2 Å². The third-order valence-electron chi connectivity index (χ3n) is 2.84. The van der Waals surface area contributed by atoms with Crippen LogP contribution in [0.4, 0.5) is 11.5 Å². The molecule has 0 saturated heterocycles. The van der Waals surface area contributed by atoms with Gasteiger partial charge in [0, 0.05) is 11.4 Å². The molecular formula is C15H17N3O2. The summed E-state index contributed by atoms with van der Waals surface area (Å²) in [6, 6.07) is 8.70. The summed E-state index contributed by atoms with van der Waals surface area (Å²) < 4.78 is 5.10. The molecule has 1 aromatic heterocycles. The van der Waals surface area contributed by atoms with E-state index in [9.17, 15) is 4.79 Å². The summed E-state index contributed by atoms with van der Waals surface area (Å²) in [5.74, 6) is 0.784. The molecule has 2 rings (SSSR count). The quantitative estimate of drug-likeness (QED) is 0.841. The average Bonchev–Trinajstić information content (AvgIpc) is 2.37. The van der Waals surface area contributed by atoms with Gasteiger partial charge in [-0.25, -0.2) is 4.98 Å². The zero-order valence-corrected chi connectivity index (χ0v) is 11.7. The maximum atomic E-state index is 12.2. The number of carbonyl (C=O) groups excluding carboxylic acids is 1. The summed E-state index contributed by atoms with van der Waals surface area (Å²) in [7, 11) is 1.54. The van der Waals surface area contributed by atoms with E-state index in [0.717, 1.165) is 11.3 Å². The number of methoxy groups -OCH3 is 1. The molecule has 1 aromatic carbocycles. The van der Waals surface area contributed by atoms with Crippen molar-refractivity contribution in [2.24, 2.45) is 0 Å². The first-order valence-corrected chi connectivity index (χ1v) is 6.20. The Labute approximate surface area is 117 Å². The summed E-state index contributed by atoms with van der Waals surface area (Å²) in [4.78, 5) is 16.5. The second kappa shape index (κ2) is 5.61. The summed E-state index contributed by atoms with van der Waals surface area (Å²) in [6.07, 6.45) is 0. The van der Waals surface area contributed by atoms with Crippen molar-refractivity contribution in [3.8, 4) is 5.75 Å². The lowest BCUT2D eigenvalue weighted by atomic mass is 10.1. The largest absolute Gasteiger partial charge is 0.497 e. The molecule has 5 heteroatoms. The zero-order valence-electron chi connectivity index (χ0n) is 11.7. The third kappa shape index (κ3) is 3.06. The molecule has 0 bridgehead atoms. The number of benzene rings is 1. The van der Waals surface area contributed by atoms with Gasteiger partial charge in [-0.05, 0) is 49.7 Å². The van der Waals surface area contributed by atoms with Crippen molar-refractivity contribution in [1.82, 2.24) is 4.98 Å². The van der Waals surface area contributed by atoms with E-state index in [4.69, 9.17) is 10.5 Å². The number of aryl methyl sites for hydroxylation is 2. The molecule has 0 aliphatic carbocycles. The first-order valence-electron chi connectivity index (χ1n) is 6.20. The van der Waals surface area contributed by atoms with E-state index in [1.807, 2.05) is 19.9 Å². The predicted octanol–water partition coefficient (Wildman–Crippen LogP) is 2.54. The Morgan fingerprint density at radius 1 is 1.25 bits per heavy atom. The Balaban J connectivity index is 2.27. The normalized spacial score (nSPS) is 10.2. The van der Waals surface area contributed by atoms with E-state index in [1.165, 1.54) is 0 Å². The van der Waals surface area contributed by atoms with Crippen LogP contribution in [0.5, 0.6) is 5.75 Å². The van der Waals surface area contributed by atoms with Crippen LogP contribution in [-0.4, -0.2) is 18.0 Å². The van der Waals surface area contributed by atoms with Crippen LogP contribution in [0.15, 0.2) is 30.3 Å². The van der Waals surface area contributed by atoms with Crippen LogP contribution in [0.2, 0.25) is 0 Å². The van der Waals surface area contributed by atoms with Crippen molar-refractivity contribution < 1.29 is 9.53 Å². The molecule has 0 unspecified atom stereocenters. The van der Waals surface area contributed by atoms with E-state index in [2.05, 4.69) is 10.3 Å². The highest BCUT2D eigenvalue weighted by Crippen LogP contribution is 2.20. The number of nitrogen functional groups attached to an aromatic ring is 1. The lowest BCUT2D eigenvalue weighted by molar-refractivity contribution is 0.102. The minimum atomic E-state index is -0.307. The highest BCUT2D eigenvalue weighted by Gasteiger charge is 2.12. The number of aromatic nitrogens is 1. The molecule has 0 radical (unpaired) electrons. The number of carbonyl (C=O) groups is 1. The number of rotatable bonds is 3. The molecule has 2 aromatic rings. The Morgan fingerprint density at radius 3 is 2.65 bits per heavy atom. The summed E-state index contributed by atoms with van der Waals surface area (Å²) >= 11 is 0. The number of nitrogens with zero attached hydrogens (tertiary/aromatic N) is 1. The van der Waals surface area contributed by atoms with Gasteiger partial charge in [-0.15, -0.1) is 0 Å². The Kier molecular flexibility index (Phi) is 3.89. The van der Waals surface area contributed by atoms with Crippen molar-refractivity contribution in [3.63, 3.8) is 0 Å². The Hall–Kier alpha value is -2.56. The SMILES string of the molecule is COc1ccc(N)c(C(=O)Nc2cc(C)cc(C)n2)c1. The second-order valence-corrected chi connectivity index (χ2v) is 4.58. The molecule has 20 heavy (non-hydrogen) atoms. The van der Waals surface area contributed by atoms with Crippen molar-refractivity contribution in [3.05, 3.63) is 47.2 Å². The maximum Gasteiger partial charge on any atom is 0.259 e. The van der Waals surface area contributed by atoms with Crippen molar-refractivity contribution in [2.45, 2.75) is 13.8 Å². The molecule has 0 fully saturated rings. The van der Waals surface area contributed by atoms with Crippen LogP contribution < -0.4 is 15.8 Å². The topological polar surface area (TPSA) is 77.2 Å². The summed E-state index contributed by atoms with van der Waals surface area (Å²) in [5, 5.41) is 2.75. The van der Waals surface area contributed by atoms with Gasteiger partial charge in [-0.2, -0.15) is 0 Å². The Morgan fingerprint density at radius 2 is 2.00 bits per heavy atom. The van der Waals surface area contributed by atoms with Crippen LogP contribution in [0.25, 0.3) is 0 Å². The fourth-order valence-corrected chi connectivity index (χ4v) is 1.95. The van der Waals surface area contributed by atoms with E-state index in [0.29, 0.717) is 22.8 Å². The molecule has 3 N–H and O–H groups in total. The van der Waals surface area contributed by atoms with Gasteiger partial charge in [0.25, 0.3) is 5.91 Å². The number of hydrogen-bond acceptors (Lipinski definition) is 4. The third-order valence-corrected chi connectivity index (χ3v) is 2.84. The molecule has 5 nitrogen and oxygen atoms in total. The molecule has 0 atom stereocenters.